The van der Waals surface area contributed by atoms with E-state index >= 15 is 0 Å². The lowest BCUT2D eigenvalue weighted by molar-refractivity contribution is -0.109. The number of anilines is 1. The van der Waals surface area contributed by atoms with Gasteiger partial charge in [0.1, 0.15) is 12.1 Å². The summed E-state index contributed by atoms with van der Waals surface area (Å²) in [4.78, 5) is 14.8. The van der Waals surface area contributed by atoms with Gasteiger partial charge in [-0.3, -0.25) is 0 Å². The van der Waals surface area contributed by atoms with Crippen molar-refractivity contribution >= 4 is 12.1 Å². The van der Waals surface area contributed by atoms with Gasteiger partial charge in [0.05, 0.1) is 0 Å². The van der Waals surface area contributed by atoms with Crippen LogP contribution in [-0.2, 0) is 4.79 Å². The Labute approximate surface area is 83.0 Å². The number of aldehydes is 1. The maximum atomic E-state index is 10.7. The second-order valence-corrected chi connectivity index (χ2v) is 2.98. The quantitative estimate of drug-likeness (QED) is 0.680. The fourth-order valence-electron chi connectivity index (χ4n) is 1.22. The van der Waals surface area contributed by atoms with Crippen molar-refractivity contribution in [1.29, 1.82) is 0 Å². The molecule has 0 saturated heterocycles. The normalized spacial score (nSPS) is 12.1. The number of aliphatic hydroxyl groups excluding tert-OH is 1. The molecule has 76 valence electrons. The van der Waals surface area contributed by atoms with Gasteiger partial charge in [0.2, 0.25) is 0 Å². The van der Waals surface area contributed by atoms with Crippen molar-refractivity contribution in [3.8, 4) is 0 Å². The summed E-state index contributed by atoms with van der Waals surface area (Å²) in [5, 5.41) is 11.6. The number of hydrogen-bond acceptors (Lipinski definition) is 4. The van der Waals surface area contributed by atoms with E-state index in [0.29, 0.717) is 6.42 Å². The van der Waals surface area contributed by atoms with E-state index in [1.807, 2.05) is 12.1 Å². The Morgan fingerprint density at radius 1 is 1.64 bits per heavy atom. The zero-order valence-corrected chi connectivity index (χ0v) is 8.10. The van der Waals surface area contributed by atoms with Crippen molar-refractivity contribution in [2.24, 2.45) is 0 Å². The number of rotatable bonds is 5. The highest BCUT2D eigenvalue weighted by Crippen LogP contribution is 2.17. The molecule has 1 aromatic rings. The van der Waals surface area contributed by atoms with E-state index in [2.05, 4.69) is 10.3 Å². The number of nitrogens with one attached hydrogen (secondary N) is 1. The molecule has 4 nitrogen and oxygen atoms in total. The third-order valence-electron chi connectivity index (χ3n) is 2.08. The standard InChI is InChI=1S/C10H14N2O2/c1-11-10-3-2-8(6-12-10)9(7-14)4-5-13/h2-3,6-7,9,13H,4-5H2,1H3,(H,11,12). The van der Waals surface area contributed by atoms with E-state index < -0.39 is 0 Å². The number of carbonyl (C=O) groups is 1. The van der Waals surface area contributed by atoms with Crippen LogP contribution in [0, 0.1) is 0 Å². The third kappa shape index (κ3) is 2.53. The van der Waals surface area contributed by atoms with Crippen LogP contribution in [0.3, 0.4) is 0 Å². The van der Waals surface area contributed by atoms with Crippen LogP contribution in [0.4, 0.5) is 5.82 Å². The van der Waals surface area contributed by atoms with Gasteiger partial charge in [0.25, 0.3) is 0 Å². The maximum Gasteiger partial charge on any atom is 0.127 e. The zero-order chi connectivity index (χ0) is 10.4. The largest absolute Gasteiger partial charge is 0.396 e. The molecule has 1 atom stereocenters. The summed E-state index contributed by atoms with van der Waals surface area (Å²) in [6.07, 6.45) is 2.94. The van der Waals surface area contributed by atoms with E-state index in [9.17, 15) is 4.79 Å². The van der Waals surface area contributed by atoms with Crippen molar-refractivity contribution in [1.82, 2.24) is 4.98 Å². The fraction of sp³-hybridized carbons (Fsp3) is 0.400. The number of hydrogen-bond donors (Lipinski definition) is 2. The highest BCUT2D eigenvalue weighted by Gasteiger charge is 2.09. The minimum absolute atomic E-state index is 0.0111. The third-order valence-corrected chi connectivity index (χ3v) is 2.08. The first-order valence-electron chi connectivity index (χ1n) is 4.51. The fourth-order valence-corrected chi connectivity index (χ4v) is 1.22. The molecule has 4 heteroatoms. The molecule has 0 radical (unpaired) electrons. The lowest BCUT2D eigenvalue weighted by atomic mass is 9.99. The summed E-state index contributed by atoms with van der Waals surface area (Å²) >= 11 is 0. The molecule has 0 spiro atoms. The monoisotopic (exact) mass is 194 g/mol. The van der Waals surface area contributed by atoms with Crippen LogP contribution in [0.2, 0.25) is 0 Å². The van der Waals surface area contributed by atoms with Crippen molar-refractivity contribution in [2.75, 3.05) is 19.0 Å². The molecule has 0 fully saturated rings. The Balaban J connectivity index is 2.78. The van der Waals surface area contributed by atoms with Gasteiger partial charge >= 0.3 is 0 Å². The highest BCUT2D eigenvalue weighted by molar-refractivity contribution is 5.62. The van der Waals surface area contributed by atoms with Crippen LogP contribution >= 0.6 is 0 Å². The molecule has 2 N–H and O–H groups in total. The summed E-state index contributed by atoms with van der Waals surface area (Å²) in [6, 6.07) is 3.65. The number of nitrogens with zero attached hydrogens (tertiary/aromatic N) is 1. The van der Waals surface area contributed by atoms with E-state index in [-0.39, 0.29) is 12.5 Å². The number of aliphatic hydroxyl groups is 1. The van der Waals surface area contributed by atoms with Gasteiger partial charge in [-0.05, 0) is 18.1 Å². The smallest absolute Gasteiger partial charge is 0.127 e. The summed E-state index contributed by atoms with van der Waals surface area (Å²) in [7, 11) is 1.78. The van der Waals surface area contributed by atoms with Gasteiger partial charge in [-0.15, -0.1) is 0 Å². The number of pyridine rings is 1. The summed E-state index contributed by atoms with van der Waals surface area (Å²) in [5.41, 5.74) is 0.841. The predicted octanol–water partition coefficient (Wildman–Crippen LogP) is 0.788. The van der Waals surface area contributed by atoms with Crippen LogP contribution in [-0.4, -0.2) is 30.0 Å². The van der Waals surface area contributed by atoms with E-state index in [1.165, 1.54) is 0 Å². The van der Waals surface area contributed by atoms with Crippen LogP contribution in [0.15, 0.2) is 18.3 Å². The summed E-state index contributed by atoms with van der Waals surface area (Å²) in [5.74, 6) is 0.515. The van der Waals surface area contributed by atoms with Gasteiger partial charge in [0, 0.05) is 25.8 Å². The Morgan fingerprint density at radius 2 is 2.43 bits per heavy atom. The molecule has 0 aromatic carbocycles. The number of carbonyl (C=O) groups excluding carboxylic acids is 1. The topological polar surface area (TPSA) is 62.2 Å². The molecule has 0 aliphatic carbocycles. The van der Waals surface area contributed by atoms with Gasteiger partial charge in [-0.1, -0.05) is 6.07 Å². The first-order chi connectivity index (χ1) is 6.81. The van der Waals surface area contributed by atoms with E-state index in [4.69, 9.17) is 5.11 Å². The van der Waals surface area contributed by atoms with Gasteiger partial charge in [-0.25, -0.2) is 4.98 Å². The second kappa shape index (κ2) is 5.34. The minimum Gasteiger partial charge on any atom is -0.396 e. The molecule has 0 bridgehead atoms. The van der Waals surface area contributed by atoms with Gasteiger partial charge in [-0.2, -0.15) is 0 Å². The van der Waals surface area contributed by atoms with Gasteiger partial charge < -0.3 is 15.2 Å². The van der Waals surface area contributed by atoms with Crippen molar-refractivity contribution in [2.45, 2.75) is 12.3 Å². The van der Waals surface area contributed by atoms with Crippen LogP contribution in [0.5, 0.6) is 0 Å². The van der Waals surface area contributed by atoms with Crippen LogP contribution in [0.1, 0.15) is 17.9 Å². The average Bonchev–Trinajstić information content (AvgIpc) is 2.26. The van der Waals surface area contributed by atoms with Crippen molar-refractivity contribution in [3.05, 3.63) is 23.9 Å². The first kappa shape index (κ1) is 10.7. The molecule has 0 saturated carbocycles. The lowest BCUT2D eigenvalue weighted by Gasteiger charge is -2.08. The molecule has 0 amide bonds. The maximum absolute atomic E-state index is 10.7. The molecular weight excluding hydrogens is 180 g/mol. The molecule has 0 aliphatic rings. The zero-order valence-electron chi connectivity index (χ0n) is 8.10. The SMILES string of the molecule is CNc1ccc(C(C=O)CCO)cn1. The van der Waals surface area contributed by atoms with Crippen molar-refractivity contribution < 1.29 is 9.90 Å². The number of aromatic nitrogens is 1. The molecule has 1 rings (SSSR count). The minimum atomic E-state index is -0.251. The van der Waals surface area contributed by atoms with Crippen molar-refractivity contribution in [3.63, 3.8) is 0 Å². The highest BCUT2D eigenvalue weighted by atomic mass is 16.3. The Bertz CT molecular complexity index is 285. The van der Waals surface area contributed by atoms with Gasteiger partial charge in [0.15, 0.2) is 0 Å². The lowest BCUT2D eigenvalue weighted by Crippen LogP contribution is -2.04. The molecule has 0 aliphatic heterocycles. The Morgan fingerprint density at radius 3 is 2.86 bits per heavy atom. The molecule has 1 aromatic heterocycles. The average molecular weight is 194 g/mol. The van der Waals surface area contributed by atoms with E-state index in [0.717, 1.165) is 17.7 Å². The summed E-state index contributed by atoms with van der Waals surface area (Å²) < 4.78 is 0. The predicted molar refractivity (Wildman–Crippen MR) is 54.3 cm³/mol. The summed E-state index contributed by atoms with van der Waals surface area (Å²) in [6.45, 7) is 0.0111. The van der Waals surface area contributed by atoms with Crippen LogP contribution < -0.4 is 5.32 Å². The molecule has 1 unspecified atom stereocenters. The van der Waals surface area contributed by atoms with E-state index in [1.54, 1.807) is 13.2 Å². The second-order valence-electron chi connectivity index (χ2n) is 2.98. The molecule has 1 heterocycles. The molecule has 14 heavy (non-hydrogen) atoms. The Hall–Kier alpha value is -1.42. The van der Waals surface area contributed by atoms with Crippen LogP contribution in [0.25, 0.3) is 0 Å². The molecular formula is C10H14N2O2. The Kier molecular flexibility index (Phi) is 4.07. The first-order valence-corrected chi connectivity index (χ1v) is 4.51.